The molecule has 7 heteroatoms. The maximum absolute atomic E-state index is 13.2. The van der Waals surface area contributed by atoms with Crippen LogP contribution in [-0.2, 0) is 10.9 Å². The van der Waals surface area contributed by atoms with Gasteiger partial charge in [-0.3, -0.25) is 0 Å². The van der Waals surface area contributed by atoms with Crippen molar-refractivity contribution in [2.24, 2.45) is 0 Å². The fourth-order valence-electron chi connectivity index (χ4n) is 3.55. The van der Waals surface area contributed by atoms with Crippen molar-refractivity contribution in [2.45, 2.75) is 18.3 Å². The quantitative estimate of drug-likeness (QED) is 0.540. The molecule has 1 heterocycles. The van der Waals surface area contributed by atoms with Gasteiger partial charge in [-0.2, -0.15) is 13.2 Å². The van der Waals surface area contributed by atoms with E-state index in [1.807, 2.05) is 12.1 Å². The highest BCUT2D eigenvalue weighted by Gasteiger charge is 2.36. The predicted molar refractivity (Wildman–Crippen MR) is 112 cm³/mol. The van der Waals surface area contributed by atoms with Crippen molar-refractivity contribution in [3.05, 3.63) is 101 Å². The SMILES string of the molecule is COc1cccc([C@@H]2OC(=O)N[C@H]2c2cccc(C#Cc3ccccc3C(F)(F)F)c2)c1. The van der Waals surface area contributed by atoms with E-state index in [0.29, 0.717) is 11.3 Å². The molecule has 1 aliphatic rings. The Hall–Kier alpha value is -3.92. The van der Waals surface area contributed by atoms with Crippen molar-refractivity contribution < 1.29 is 27.4 Å². The molecule has 0 bridgehead atoms. The first-order valence-electron chi connectivity index (χ1n) is 9.74. The van der Waals surface area contributed by atoms with E-state index in [1.165, 1.54) is 18.2 Å². The molecule has 3 aromatic rings. The van der Waals surface area contributed by atoms with Crippen LogP contribution in [0.15, 0.2) is 72.8 Å². The molecule has 162 valence electrons. The maximum atomic E-state index is 13.2. The molecule has 0 radical (unpaired) electrons. The summed E-state index contributed by atoms with van der Waals surface area (Å²) in [6.07, 6.45) is -5.63. The van der Waals surface area contributed by atoms with Crippen molar-refractivity contribution in [2.75, 3.05) is 7.11 Å². The molecular weight excluding hydrogens is 419 g/mol. The first-order valence-corrected chi connectivity index (χ1v) is 9.74. The average molecular weight is 437 g/mol. The van der Waals surface area contributed by atoms with Crippen LogP contribution < -0.4 is 10.1 Å². The van der Waals surface area contributed by atoms with E-state index in [-0.39, 0.29) is 5.56 Å². The van der Waals surface area contributed by atoms with Gasteiger partial charge in [0.05, 0.1) is 18.7 Å². The number of amides is 1. The number of halogens is 3. The topological polar surface area (TPSA) is 47.6 Å². The standard InChI is InChI=1S/C25H18F3NO3/c1-31-20-10-5-9-19(15-20)23-22(29-24(30)32-23)18-8-4-6-16(14-18)12-13-17-7-2-3-11-21(17)25(26,27)28/h2-11,14-15,22-23H,1H3,(H,29,30)/t22-,23-/m0/s1. The van der Waals surface area contributed by atoms with E-state index in [0.717, 1.165) is 17.2 Å². The summed E-state index contributed by atoms with van der Waals surface area (Å²) in [5, 5.41) is 2.79. The minimum Gasteiger partial charge on any atom is -0.497 e. The average Bonchev–Trinajstić information content (AvgIpc) is 3.19. The van der Waals surface area contributed by atoms with Crippen LogP contribution in [0.2, 0.25) is 0 Å². The maximum Gasteiger partial charge on any atom is 0.417 e. The highest BCUT2D eigenvalue weighted by molar-refractivity contribution is 5.71. The number of methoxy groups -OCH3 is 1. The van der Waals surface area contributed by atoms with Gasteiger partial charge in [0, 0.05) is 11.1 Å². The zero-order chi connectivity index (χ0) is 22.7. The van der Waals surface area contributed by atoms with E-state index in [4.69, 9.17) is 9.47 Å². The zero-order valence-electron chi connectivity index (χ0n) is 16.9. The van der Waals surface area contributed by atoms with Crippen LogP contribution >= 0.6 is 0 Å². The third-order valence-electron chi connectivity index (χ3n) is 5.05. The Bertz CT molecular complexity index is 1210. The number of cyclic esters (lactones) is 1. The number of alkyl carbamates (subject to hydrolysis) is 1. The second-order valence-corrected chi connectivity index (χ2v) is 7.14. The normalized spacial score (nSPS) is 17.7. The molecule has 3 aromatic carbocycles. The lowest BCUT2D eigenvalue weighted by Gasteiger charge is -2.18. The van der Waals surface area contributed by atoms with Crippen LogP contribution in [0.3, 0.4) is 0 Å². The lowest BCUT2D eigenvalue weighted by atomic mass is 9.95. The first-order chi connectivity index (χ1) is 15.3. The molecule has 1 aliphatic heterocycles. The van der Waals surface area contributed by atoms with Gasteiger partial charge in [-0.1, -0.05) is 48.2 Å². The second-order valence-electron chi connectivity index (χ2n) is 7.14. The van der Waals surface area contributed by atoms with Crippen molar-refractivity contribution in [1.29, 1.82) is 0 Å². The Kier molecular flexibility index (Phi) is 5.78. The lowest BCUT2D eigenvalue weighted by Crippen LogP contribution is -2.19. The van der Waals surface area contributed by atoms with Crippen molar-refractivity contribution in [3.63, 3.8) is 0 Å². The number of carbonyl (C=O) groups excluding carboxylic acids is 1. The molecule has 2 atom stereocenters. The number of hydrogen-bond donors (Lipinski definition) is 1. The first kappa shape index (κ1) is 21.3. The molecule has 4 nitrogen and oxygen atoms in total. The smallest absolute Gasteiger partial charge is 0.417 e. The monoisotopic (exact) mass is 437 g/mol. The van der Waals surface area contributed by atoms with E-state index < -0.39 is 30.0 Å². The van der Waals surface area contributed by atoms with Crippen molar-refractivity contribution >= 4 is 6.09 Å². The Morgan fingerprint density at radius 1 is 0.938 bits per heavy atom. The number of alkyl halides is 3. The Morgan fingerprint density at radius 2 is 1.69 bits per heavy atom. The van der Waals surface area contributed by atoms with Crippen LogP contribution in [0.5, 0.6) is 5.75 Å². The molecular formula is C25H18F3NO3. The largest absolute Gasteiger partial charge is 0.497 e. The van der Waals surface area contributed by atoms with Crippen LogP contribution in [0.1, 0.15) is 40.0 Å². The molecule has 0 spiro atoms. The molecule has 0 aromatic heterocycles. The van der Waals surface area contributed by atoms with Gasteiger partial charge in [-0.05, 0) is 47.5 Å². The number of hydrogen-bond acceptors (Lipinski definition) is 3. The lowest BCUT2D eigenvalue weighted by molar-refractivity contribution is -0.137. The fourth-order valence-corrected chi connectivity index (χ4v) is 3.55. The van der Waals surface area contributed by atoms with E-state index in [2.05, 4.69) is 17.2 Å². The van der Waals surface area contributed by atoms with E-state index in [9.17, 15) is 18.0 Å². The number of carbonyl (C=O) groups is 1. The Morgan fingerprint density at radius 3 is 2.47 bits per heavy atom. The molecule has 0 unspecified atom stereocenters. The highest BCUT2D eigenvalue weighted by Crippen LogP contribution is 2.38. The van der Waals surface area contributed by atoms with Gasteiger partial charge in [-0.15, -0.1) is 0 Å². The third kappa shape index (κ3) is 4.54. The number of ether oxygens (including phenoxy) is 2. The number of benzene rings is 3. The highest BCUT2D eigenvalue weighted by atomic mass is 19.4. The number of nitrogens with one attached hydrogen (secondary N) is 1. The van der Waals surface area contributed by atoms with Gasteiger partial charge >= 0.3 is 12.3 Å². The van der Waals surface area contributed by atoms with Crippen molar-refractivity contribution in [3.8, 4) is 17.6 Å². The third-order valence-corrected chi connectivity index (χ3v) is 5.05. The summed E-state index contributed by atoms with van der Waals surface area (Å²) in [7, 11) is 1.55. The Labute approximate surface area is 183 Å². The van der Waals surface area contributed by atoms with Gasteiger partial charge in [0.2, 0.25) is 0 Å². The van der Waals surface area contributed by atoms with Gasteiger partial charge in [-0.25, -0.2) is 4.79 Å². The summed E-state index contributed by atoms with van der Waals surface area (Å²) in [6, 6.07) is 18.9. The molecule has 1 fully saturated rings. The van der Waals surface area contributed by atoms with Crippen LogP contribution in [0.4, 0.5) is 18.0 Å². The summed E-state index contributed by atoms with van der Waals surface area (Å²) >= 11 is 0. The van der Waals surface area contributed by atoms with Crippen LogP contribution in [0.25, 0.3) is 0 Å². The van der Waals surface area contributed by atoms with Crippen LogP contribution in [0, 0.1) is 11.8 Å². The number of rotatable bonds is 3. The van der Waals surface area contributed by atoms with Gasteiger partial charge < -0.3 is 14.8 Å². The molecule has 4 rings (SSSR count). The molecule has 1 saturated heterocycles. The van der Waals surface area contributed by atoms with E-state index in [1.54, 1.807) is 43.5 Å². The summed E-state index contributed by atoms with van der Waals surface area (Å²) in [4.78, 5) is 12.0. The molecule has 0 saturated carbocycles. The van der Waals surface area contributed by atoms with Gasteiger partial charge in [0.25, 0.3) is 0 Å². The van der Waals surface area contributed by atoms with Crippen molar-refractivity contribution in [1.82, 2.24) is 5.32 Å². The summed E-state index contributed by atoms with van der Waals surface area (Å²) < 4.78 is 50.3. The molecule has 1 amide bonds. The second kappa shape index (κ2) is 8.67. The minimum atomic E-state index is -4.48. The fraction of sp³-hybridized carbons (Fsp3) is 0.160. The van der Waals surface area contributed by atoms with E-state index >= 15 is 0 Å². The predicted octanol–water partition coefficient (Wildman–Crippen LogP) is 5.64. The summed E-state index contributed by atoms with van der Waals surface area (Å²) in [6.45, 7) is 0. The van der Waals surface area contributed by atoms with Crippen LogP contribution in [-0.4, -0.2) is 13.2 Å². The summed E-state index contributed by atoms with van der Waals surface area (Å²) in [5.74, 6) is 6.04. The summed E-state index contributed by atoms with van der Waals surface area (Å²) in [5.41, 5.74) is 1.11. The Balaban J connectivity index is 1.65. The van der Waals surface area contributed by atoms with Gasteiger partial charge in [0.1, 0.15) is 5.75 Å². The zero-order valence-corrected chi connectivity index (χ0v) is 16.9. The van der Waals surface area contributed by atoms with Gasteiger partial charge in [0.15, 0.2) is 6.10 Å². The molecule has 0 aliphatic carbocycles. The molecule has 1 N–H and O–H groups in total. The minimum absolute atomic E-state index is 0.0998. The molecule has 32 heavy (non-hydrogen) atoms.